The first-order valence-corrected chi connectivity index (χ1v) is 6.09. The summed E-state index contributed by atoms with van der Waals surface area (Å²) in [6.07, 6.45) is -6.56. The minimum atomic E-state index is -4.83. The Bertz CT molecular complexity index is 725. The lowest BCUT2D eigenvalue weighted by molar-refractivity contribution is -0.141. The van der Waals surface area contributed by atoms with Gasteiger partial charge in [-0.2, -0.15) is 18.0 Å². The minimum Gasteiger partial charge on any atom is -0.497 e. The first-order chi connectivity index (χ1) is 10.8. The minimum absolute atomic E-state index is 0.0599. The number of nitrogens with zero attached hydrogens (tertiary/aromatic N) is 5. The van der Waals surface area contributed by atoms with E-state index in [0.29, 0.717) is 11.3 Å². The molecule has 0 bridgehead atoms. The van der Waals surface area contributed by atoms with E-state index in [1.54, 1.807) is 24.3 Å². The summed E-state index contributed by atoms with van der Waals surface area (Å²) in [5.41, 5.74) is -0.785. The fourth-order valence-corrected chi connectivity index (χ4v) is 1.65. The summed E-state index contributed by atoms with van der Waals surface area (Å²) in [4.78, 5) is 11.0. The number of benzene rings is 1. The average Bonchev–Trinajstić information content (AvgIpc) is 2.89. The van der Waals surface area contributed by atoms with Crippen LogP contribution in [0.1, 0.15) is 11.3 Å². The number of methoxy groups -OCH3 is 1. The van der Waals surface area contributed by atoms with Crippen LogP contribution in [0.5, 0.6) is 5.75 Å². The summed E-state index contributed by atoms with van der Waals surface area (Å²) in [5, 5.41) is 20.7. The van der Waals surface area contributed by atoms with Crippen LogP contribution in [-0.2, 0) is 12.7 Å². The van der Waals surface area contributed by atoms with Gasteiger partial charge in [-0.25, -0.2) is 4.79 Å². The molecule has 122 valence electrons. The van der Waals surface area contributed by atoms with Crippen molar-refractivity contribution in [2.45, 2.75) is 12.7 Å². The monoisotopic (exact) mass is 329 g/mol. The number of carbonyl (C=O) groups is 1. The highest BCUT2D eigenvalue weighted by Crippen LogP contribution is 2.33. The van der Waals surface area contributed by atoms with E-state index in [9.17, 15) is 18.0 Å². The Morgan fingerprint density at radius 2 is 1.96 bits per heavy atom. The fraction of sp³-hybridized carbons (Fsp3) is 0.250. The Kier molecular flexibility index (Phi) is 4.57. The Morgan fingerprint density at radius 3 is 2.48 bits per heavy atom. The van der Waals surface area contributed by atoms with Gasteiger partial charge in [0.25, 0.3) is 0 Å². The quantitative estimate of drug-likeness (QED) is 0.868. The average molecular weight is 329 g/mol. The van der Waals surface area contributed by atoms with E-state index in [4.69, 9.17) is 9.84 Å². The Balaban J connectivity index is 2.30. The molecule has 2 rings (SSSR count). The zero-order valence-corrected chi connectivity index (χ0v) is 11.7. The molecule has 1 heterocycles. The second-order valence-electron chi connectivity index (χ2n) is 4.23. The van der Waals surface area contributed by atoms with Gasteiger partial charge in [0.2, 0.25) is 11.5 Å². The van der Waals surface area contributed by atoms with Crippen LogP contribution in [-0.4, -0.2) is 33.3 Å². The molecular weight excluding hydrogens is 319 g/mol. The predicted molar refractivity (Wildman–Crippen MR) is 69.7 cm³/mol. The molecule has 1 amide bonds. The molecule has 23 heavy (non-hydrogen) atoms. The molecule has 1 aromatic heterocycles. The molecule has 0 atom stereocenters. The summed E-state index contributed by atoms with van der Waals surface area (Å²) in [5.74, 6) is -0.317. The van der Waals surface area contributed by atoms with Crippen LogP contribution in [0.25, 0.3) is 0 Å². The normalized spacial score (nSPS) is 11.8. The molecule has 0 aliphatic heterocycles. The number of azo groups is 1. The molecule has 8 nitrogen and oxygen atoms in total. The van der Waals surface area contributed by atoms with Crippen LogP contribution in [0.15, 0.2) is 34.5 Å². The molecule has 1 aromatic carbocycles. The predicted octanol–water partition coefficient (Wildman–Crippen LogP) is 3.12. The highest BCUT2D eigenvalue weighted by atomic mass is 19.4. The van der Waals surface area contributed by atoms with E-state index >= 15 is 0 Å². The zero-order valence-electron chi connectivity index (χ0n) is 11.7. The van der Waals surface area contributed by atoms with Crippen molar-refractivity contribution in [1.29, 1.82) is 0 Å². The SMILES string of the molecule is COc1ccc(Cn2nc(/N=N/C(=O)O)c(C(F)(F)F)n2)cc1. The number of alkyl halides is 3. The van der Waals surface area contributed by atoms with Gasteiger partial charge in [-0.3, -0.25) is 0 Å². The molecule has 0 saturated carbocycles. The highest BCUT2D eigenvalue weighted by molar-refractivity contribution is 5.65. The number of carboxylic acid groups (broad SMARTS) is 1. The number of halogens is 3. The Hall–Kier alpha value is -2.98. The number of aromatic nitrogens is 3. The van der Waals surface area contributed by atoms with Crippen molar-refractivity contribution >= 4 is 11.9 Å². The maximum absolute atomic E-state index is 12.8. The van der Waals surface area contributed by atoms with Gasteiger partial charge in [-0.1, -0.05) is 17.2 Å². The van der Waals surface area contributed by atoms with Crippen molar-refractivity contribution in [2.24, 2.45) is 10.2 Å². The van der Waals surface area contributed by atoms with Crippen LogP contribution >= 0.6 is 0 Å². The summed E-state index contributed by atoms with van der Waals surface area (Å²) >= 11 is 0. The lowest BCUT2D eigenvalue weighted by Gasteiger charge is -2.03. The van der Waals surface area contributed by atoms with Crippen LogP contribution in [0.3, 0.4) is 0 Å². The van der Waals surface area contributed by atoms with Gasteiger partial charge < -0.3 is 9.84 Å². The Morgan fingerprint density at radius 1 is 1.30 bits per heavy atom. The van der Waals surface area contributed by atoms with Crippen molar-refractivity contribution < 1.29 is 27.8 Å². The van der Waals surface area contributed by atoms with Crippen molar-refractivity contribution in [3.8, 4) is 5.75 Å². The lowest BCUT2D eigenvalue weighted by atomic mass is 10.2. The van der Waals surface area contributed by atoms with Crippen LogP contribution < -0.4 is 4.74 Å². The molecule has 0 aliphatic carbocycles. The van der Waals surface area contributed by atoms with Gasteiger partial charge in [-0.15, -0.1) is 15.3 Å². The van der Waals surface area contributed by atoms with E-state index in [-0.39, 0.29) is 6.54 Å². The topological polar surface area (TPSA) is 102 Å². The van der Waals surface area contributed by atoms with Crippen LogP contribution in [0, 0.1) is 0 Å². The summed E-state index contributed by atoms with van der Waals surface area (Å²) < 4.78 is 43.5. The molecule has 0 spiro atoms. The third-order valence-corrected chi connectivity index (χ3v) is 2.62. The van der Waals surface area contributed by atoms with E-state index in [1.165, 1.54) is 7.11 Å². The molecule has 0 radical (unpaired) electrons. The first kappa shape index (κ1) is 16.4. The van der Waals surface area contributed by atoms with Crippen molar-refractivity contribution in [3.63, 3.8) is 0 Å². The molecule has 0 fully saturated rings. The molecule has 1 N–H and O–H groups in total. The third-order valence-electron chi connectivity index (χ3n) is 2.62. The van der Waals surface area contributed by atoms with Gasteiger partial charge in [-0.05, 0) is 17.7 Å². The van der Waals surface area contributed by atoms with Gasteiger partial charge in [0.1, 0.15) is 5.75 Å². The first-order valence-electron chi connectivity index (χ1n) is 6.09. The molecule has 0 saturated heterocycles. The number of rotatable bonds is 4. The van der Waals surface area contributed by atoms with Crippen molar-refractivity contribution in [3.05, 3.63) is 35.5 Å². The summed E-state index contributed by atoms with van der Waals surface area (Å²) in [6.45, 7) is -0.0599. The number of amides is 1. The molecule has 0 aliphatic rings. The van der Waals surface area contributed by atoms with Crippen molar-refractivity contribution in [2.75, 3.05) is 7.11 Å². The van der Waals surface area contributed by atoms with E-state index in [1.807, 2.05) is 0 Å². The third kappa shape index (κ3) is 4.25. The number of hydrogen-bond donors (Lipinski definition) is 1. The van der Waals surface area contributed by atoms with E-state index in [0.717, 1.165) is 4.80 Å². The summed E-state index contributed by atoms with van der Waals surface area (Å²) in [7, 11) is 1.49. The van der Waals surface area contributed by atoms with Crippen LogP contribution in [0.4, 0.5) is 23.8 Å². The van der Waals surface area contributed by atoms with Gasteiger partial charge in [0.05, 0.1) is 13.7 Å². The largest absolute Gasteiger partial charge is 0.497 e. The van der Waals surface area contributed by atoms with Crippen LogP contribution in [0.2, 0.25) is 0 Å². The second-order valence-corrected chi connectivity index (χ2v) is 4.23. The second kappa shape index (κ2) is 6.42. The van der Waals surface area contributed by atoms with Gasteiger partial charge in [0, 0.05) is 0 Å². The zero-order chi connectivity index (χ0) is 17.0. The highest BCUT2D eigenvalue weighted by Gasteiger charge is 2.39. The summed E-state index contributed by atoms with van der Waals surface area (Å²) in [6, 6.07) is 6.53. The fourth-order valence-electron chi connectivity index (χ4n) is 1.65. The Labute approximate surface area is 127 Å². The van der Waals surface area contributed by atoms with E-state index < -0.39 is 23.8 Å². The van der Waals surface area contributed by atoms with Gasteiger partial charge in [0.15, 0.2) is 0 Å². The van der Waals surface area contributed by atoms with Crippen molar-refractivity contribution in [1.82, 2.24) is 15.0 Å². The molecular formula is C12H10F3N5O3. The number of ether oxygens (including phenoxy) is 1. The molecule has 11 heteroatoms. The molecule has 2 aromatic rings. The molecule has 0 unspecified atom stereocenters. The maximum atomic E-state index is 12.8. The van der Waals surface area contributed by atoms with Gasteiger partial charge >= 0.3 is 12.3 Å². The standard InChI is InChI=1S/C12H10F3N5O3/c1-23-8-4-2-7(3-5-8)6-20-18-9(12(13,14)15)10(19-20)16-17-11(21)22/h2-5H,6H2,1H3,(H,21,22)/b17-16+. The lowest BCUT2D eigenvalue weighted by Crippen LogP contribution is -2.09. The van der Waals surface area contributed by atoms with E-state index in [2.05, 4.69) is 20.4 Å². The smallest absolute Gasteiger partial charge is 0.450 e. The maximum Gasteiger partial charge on any atom is 0.450 e. The number of hydrogen-bond acceptors (Lipinski definition) is 5.